The molecule has 0 aliphatic heterocycles. The van der Waals surface area contributed by atoms with E-state index in [2.05, 4.69) is 10.6 Å². The fourth-order valence-corrected chi connectivity index (χ4v) is 7.22. The maximum absolute atomic E-state index is 15.4. The van der Waals surface area contributed by atoms with Crippen LogP contribution in [-0.2, 0) is 45.9 Å². The summed E-state index contributed by atoms with van der Waals surface area (Å²) in [6, 6.07) is 10.6. The van der Waals surface area contributed by atoms with Gasteiger partial charge in [0.1, 0.15) is 17.7 Å². The van der Waals surface area contributed by atoms with Crippen molar-refractivity contribution in [3.63, 3.8) is 0 Å². The molecule has 0 bridgehead atoms. The van der Waals surface area contributed by atoms with Crippen LogP contribution in [0.15, 0.2) is 75.1 Å². The predicted molar refractivity (Wildman–Crippen MR) is 201 cm³/mol. The number of carbonyl (C=O) groups excluding carboxylic acids is 3. The maximum Gasteiger partial charge on any atom is 0.335 e. The fourth-order valence-electron chi connectivity index (χ4n) is 6.17. The lowest BCUT2D eigenvalue weighted by Crippen LogP contribution is -2.44. The Morgan fingerprint density at radius 1 is 0.891 bits per heavy atom. The molecule has 292 valence electrons. The SMILES string of the molecule is CC(C)OC(=O)[C@H](Cc1ccc(-n2c(=O)c3c(n(C)c2=O)CCCC3)cc1)NC(=O)c1cc(F)c(NS(=O)(=O)c2ccc(C(=O)NC(C)(C)C)cc2)cc1F. The summed E-state index contributed by atoms with van der Waals surface area (Å²) in [6.07, 6.45) is 2.20. The molecule has 0 saturated heterocycles. The highest BCUT2D eigenvalue weighted by molar-refractivity contribution is 7.92. The second-order valence-electron chi connectivity index (χ2n) is 14.6. The van der Waals surface area contributed by atoms with Gasteiger partial charge in [0, 0.05) is 41.9 Å². The van der Waals surface area contributed by atoms with Crippen LogP contribution in [0.4, 0.5) is 14.5 Å². The molecular weight excluding hydrogens is 737 g/mol. The van der Waals surface area contributed by atoms with E-state index in [4.69, 9.17) is 4.74 Å². The minimum atomic E-state index is -4.46. The third kappa shape index (κ3) is 9.36. The molecule has 0 radical (unpaired) electrons. The lowest BCUT2D eigenvalue weighted by molar-refractivity contribution is -0.149. The zero-order valence-corrected chi connectivity index (χ0v) is 32.1. The molecule has 1 atom stereocenters. The molecule has 0 unspecified atom stereocenters. The van der Waals surface area contributed by atoms with Gasteiger partial charge in [-0.25, -0.2) is 31.4 Å². The molecule has 2 amide bonds. The fraction of sp³-hybridized carbons (Fsp3) is 0.359. The van der Waals surface area contributed by atoms with Crippen molar-refractivity contribution in [1.82, 2.24) is 19.8 Å². The third-order valence-corrected chi connectivity index (χ3v) is 10.2. The smallest absolute Gasteiger partial charge is 0.335 e. The molecule has 0 fully saturated rings. The van der Waals surface area contributed by atoms with Gasteiger partial charge in [-0.15, -0.1) is 0 Å². The van der Waals surface area contributed by atoms with Crippen LogP contribution in [0.25, 0.3) is 5.69 Å². The third-order valence-electron chi connectivity index (χ3n) is 8.82. The van der Waals surface area contributed by atoms with Crippen molar-refractivity contribution < 1.29 is 36.3 Å². The van der Waals surface area contributed by atoms with Crippen molar-refractivity contribution in [1.29, 1.82) is 0 Å². The van der Waals surface area contributed by atoms with Crippen LogP contribution in [0.5, 0.6) is 0 Å². The van der Waals surface area contributed by atoms with E-state index in [1.165, 1.54) is 28.8 Å². The minimum absolute atomic E-state index is 0.159. The topological polar surface area (TPSA) is 175 Å². The van der Waals surface area contributed by atoms with Crippen molar-refractivity contribution in [2.45, 2.75) is 89.3 Å². The molecule has 3 N–H and O–H groups in total. The molecule has 1 aromatic heterocycles. The Bertz CT molecular complexity index is 2370. The minimum Gasteiger partial charge on any atom is -0.461 e. The second kappa shape index (κ2) is 16.0. The normalized spacial score (nSPS) is 13.5. The van der Waals surface area contributed by atoms with Crippen LogP contribution in [0.2, 0.25) is 0 Å². The van der Waals surface area contributed by atoms with E-state index in [-0.39, 0.29) is 22.4 Å². The number of aromatic nitrogens is 2. The molecule has 3 aromatic carbocycles. The predicted octanol–water partition coefficient (Wildman–Crippen LogP) is 4.32. The Morgan fingerprint density at radius 2 is 1.53 bits per heavy atom. The van der Waals surface area contributed by atoms with Gasteiger partial charge in [-0.3, -0.25) is 19.1 Å². The maximum atomic E-state index is 15.4. The van der Waals surface area contributed by atoms with Gasteiger partial charge in [-0.05, 0) is 108 Å². The van der Waals surface area contributed by atoms with Crippen molar-refractivity contribution in [3.05, 3.63) is 121 Å². The molecule has 16 heteroatoms. The molecule has 5 rings (SSSR count). The van der Waals surface area contributed by atoms with Crippen molar-refractivity contribution in [2.75, 3.05) is 4.72 Å². The number of carbonyl (C=O) groups is 3. The molecular formula is C39H43F2N5O8S. The number of rotatable bonds is 11. The number of amides is 2. The number of ether oxygens (including phenoxy) is 1. The summed E-state index contributed by atoms with van der Waals surface area (Å²) in [5.74, 6) is -5.04. The van der Waals surface area contributed by atoms with E-state index in [0.29, 0.717) is 41.8 Å². The average molecular weight is 780 g/mol. The summed E-state index contributed by atoms with van der Waals surface area (Å²) in [5, 5.41) is 5.13. The van der Waals surface area contributed by atoms with Crippen LogP contribution in [0, 0.1) is 11.6 Å². The highest BCUT2D eigenvalue weighted by Gasteiger charge is 2.28. The number of anilines is 1. The van der Waals surface area contributed by atoms with Crippen LogP contribution in [-0.4, -0.2) is 53.0 Å². The first kappa shape index (κ1) is 40.5. The summed E-state index contributed by atoms with van der Waals surface area (Å²) < 4.78 is 66.5. The molecule has 0 spiro atoms. The average Bonchev–Trinajstić information content (AvgIpc) is 3.11. The highest BCUT2D eigenvalue weighted by atomic mass is 32.2. The first-order chi connectivity index (χ1) is 25.8. The zero-order valence-electron chi connectivity index (χ0n) is 31.3. The number of nitrogens with zero attached hydrogens (tertiary/aromatic N) is 2. The van der Waals surface area contributed by atoms with Gasteiger partial charge in [0.25, 0.3) is 27.4 Å². The van der Waals surface area contributed by atoms with Gasteiger partial charge < -0.3 is 19.9 Å². The Hall–Kier alpha value is -5.64. The Morgan fingerprint density at radius 3 is 2.15 bits per heavy atom. The van der Waals surface area contributed by atoms with E-state index in [9.17, 15) is 32.4 Å². The van der Waals surface area contributed by atoms with Gasteiger partial charge >= 0.3 is 11.7 Å². The van der Waals surface area contributed by atoms with Gasteiger partial charge in [-0.2, -0.15) is 0 Å². The molecule has 1 aliphatic carbocycles. The second-order valence-corrected chi connectivity index (χ2v) is 16.3. The summed E-state index contributed by atoms with van der Waals surface area (Å²) >= 11 is 0. The summed E-state index contributed by atoms with van der Waals surface area (Å²) in [7, 11) is -2.83. The van der Waals surface area contributed by atoms with Crippen LogP contribution >= 0.6 is 0 Å². The van der Waals surface area contributed by atoms with Crippen molar-refractivity contribution >= 4 is 33.5 Å². The number of esters is 1. The zero-order chi connectivity index (χ0) is 40.4. The monoisotopic (exact) mass is 779 g/mol. The quantitative estimate of drug-likeness (QED) is 0.189. The van der Waals surface area contributed by atoms with Gasteiger partial charge in [0.05, 0.1) is 27.9 Å². The highest BCUT2D eigenvalue weighted by Crippen LogP contribution is 2.24. The number of sulfonamides is 1. The largest absolute Gasteiger partial charge is 0.461 e. The number of hydrogen-bond acceptors (Lipinski definition) is 8. The molecule has 0 saturated carbocycles. The molecule has 55 heavy (non-hydrogen) atoms. The number of nitrogens with one attached hydrogen (secondary N) is 3. The lowest BCUT2D eigenvalue weighted by atomic mass is 9.96. The first-order valence-electron chi connectivity index (χ1n) is 17.6. The summed E-state index contributed by atoms with van der Waals surface area (Å²) in [5.41, 5.74) is -0.708. The van der Waals surface area contributed by atoms with Crippen LogP contribution in [0.3, 0.4) is 0 Å². The molecule has 1 heterocycles. The van der Waals surface area contributed by atoms with Crippen molar-refractivity contribution in [3.8, 4) is 5.69 Å². The number of hydrogen-bond donors (Lipinski definition) is 3. The Kier molecular flexibility index (Phi) is 11.8. The number of fused-ring (bicyclic) bond motifs is 1. The molecule has 4 aromatic rings. The summed E-state index contributed by atoms with van der Waals surface area (Å²) in [4.78, 5) is 64.9. The molecule has 1 aliphatic rings. The standard InChI is InChI=1S/C39H43F2N5O8S/c1-22(2)54-37(50)32(19-23-11-15-25(16-12-23)46-36(49)27-9-7-8-10-33(27)45(6)38(46)51)42-35(48)28-20-30(41)31(21-29(28)40)44-55(52,53)26-17-13-24(14-18-26)34(47)43-39(3,4)5/h11-18,20-22,32,44H,7-10,19H2,1-6H3,(H,42,48)(H,43,47)/t32-/m0/s1. The van der Waals surface area contributed by atoms with Crippen molar-refractivity contribution in [2.24, 2.45) is 7.05 Å². The Labute approximate surface area is 316 Å². The number of benzene rings is 3. The van der Waals surface area contributed by atoms with E-state index in [0.717, 1.165) is 35.2 Å². The lowest BCUT2D eigenvalue weighted by Gasteiger charge is -2.21. The molecule has 13 nitrogen and oxygen atoms in total. The van der Waals surface area contributed by atoms with Crippen LogP contribution in [0.1, 0.15) is 85.0 Å². The summed E-state index contributed by atoms with van der Waals surface area (Å²) in [6.45, 7) is 8.53. The van der Waals surface area contributed by atoms with Crippen LogP contribution < -0.4 is 26.6 Å². The van der Waals surface area contributed by atoms with E-state index in [1.807, 2.05) is 4.72 Å². The number of halogens is 2. The van der Waals surface area contributed by atoms with E-state index in [1.54, 1.807) is 53.8 Å². The Balaban J connectivity index is 1.34. The van der Waals surface area contributed by atoms with E-state index >= 15 is 8.78 Å². The van der Waals surface area contributed by atoms with Gasteiger partial charge in [-0.1, -0.05) is 12.1 Å². The van der Waals surface area contributed by atoms with Gasteiger partial charge in [0.2, 0.25) is 0 Å². The van der Waals surface area contributed by atoms with E-state index < -0.39 is 74.1 Å². The first-order valence-corrected chi connectivity index (χ1v) is 19.1. The van der Waals surface area contributed by atoms with Gasteiger partial charge in [0.15, 0.2) is 0 Å².